The van der Waals surface area contributed by atoms with Crippen molar-refractivity contribution in [2.24, 2.45) is 11.7 Å². The summed E-state index contributed by atoms with van der Waals surface area (Å²) in [5.41, 5.74) is 4.56. The van der Waals surface area contributed by atoms with Crippen molar-refractivity contribution in [1.29, 1.82) is 0 Å². The van der Waals surface area contributed by atoms with Gasteiger partial charge in [0.05, 0.1) is 37.1 Å². The number of anilines is 2. The van der Waals surface area contributed by atoms with E-state index in [1.165, 1.54) is 6.07 Å². The quantitative estimate of drug-likeness (QED) is 0.540. The molecule has 0 aromatic carbocycles. The largest absolute Gasteiger partial charge is 0.417 e. The molecule has 4 heterocycles. The third-order valence-corrected chi connectivity index (χ3v) is 6.30. The zero-order valence-electron chi connectivity index (χ0n) is 19.2. The summed E-state index contributed by atoms with van der Waals surface area (Å²) in [6.07, 6.45) is -3.41. The van der Waals surface area contributed by atoms with Crippen molar-refractivity contribution in [2.75, 3.05) is 56.2 Å². The van der Waals surface area contributed by atoms with Crippen LogP contribution in [0.15, 0.2) is 24.7 Å². The molecule has 2 aromatic heterocycles. The highest BCUT2D eigenvalue weighted by molar-refractivity contribution is 5.75. The number of rotatable bonds is 7. The lowest BCUT2D eigenvalue weighted by Gasteiger charge is -2.36. The van der Waals surface area contributed by atoms with Crippen LogP contribution < -0.4 is 16.0 Å². The standard InChI is InChI=1S/C22H26F5N7O2/c23-15-9-33(10-18(28)35)4-3-13(15)7-30-20-19(24)21(32-12-31-20)34-5-6-36-11-17(34)16-2-1-14(8-29-16)22(25,26)27/h1-2,8,12-13,15,17H,3-7,9-11H2,(H2,28,35)(H,30,31,32)/t13-,15-,17+/m0/s1. The van der Waals surface area contributed by atoms with E-state index in [1.54, 1.807) is 9.80 Å². The predicted octanol–water partition coefficient (Wildman–Crippen LogP) is 2.16. The van der Waals surface area contributed by atoms with Crippen LogP contribution in [0.4, 0.5) is 33.6 Å². The summed E-state index contributed by atoms with van der Waals surface area (Å²) >= 11 is 0. The Hall–Kier alpha value is -3.13. The van der Waals surface area contributed by atoms with Crippen LogP contribution in [-0.2, 0) is 15.7 Å². The number of pyridine rings is 1. The van der Waals surface area contributed by atoms with Crippen LogP contribution in [0, 0.1) is 11.7 Å². The zero-order valence-corrected chi connectivity index (χ0v) is 19.2. The number of ether oxygens (including phenoxy) is 1. The molecule has 1 amide bonds. The van der Waals surface area contributed by atoms with Gasteiger partial charge in [-0.15, -0.1) is 0 Å². The molecule has 0 spiro atoms. The van der Waals surface area contributed by atoms with Crippen LogP contribution in [0.5, 0.6) is 0 Å². The summed E-state index contributed by atoms with van der Waals surface area (Å²) in [6.45, 7) is 1.22. The molecule has 0 unspecified atom stereocenters. The molecule has 2 aliphatic heterocycles. The Morgan fingerprint density at radius 1 is 1.22 bits per heavy atom. The smallest absolute Gasteiger partial charge is 0.377 e. The van der Waals surface area contributed by atoms with Gasteiger partial charge in [0.25, 0.3) is 0 Å². The van der Waals surface area contributed by atoms with Crippen molar-refractivity contribution in [2.45, 2.75) is 24.8 Å². The summed E-state index contributed by atoms with van der Waals surface area (Å²) in [4.78, 5) is 26.2. The Morgan fingerprint density at radius 2 is 2.03 bits per heavy atom. The molecule has 0 saturated carbocycles. The summed E-state index contributed by atoms with van der Waals surface area (Å²) in [7, 11) is 0. The van der Waals surface area contributed by atoms with Gasteiger partial charge < -0.3 is 20.7 Å². The average molecular weight is 515 g/mol. The van der Waals surface area contributed by atoms with E-state index in [0.717, 1.165) is 18.6 Å². The minimum Gasteiger partial charge on any atom is -0.377 e. The molecular weight excluding hydrogens is 489 g/mol. The molecule has 9 nitrogen and oxygen atoms in total. The Bertz CT molecular complexity index is 1060. The number of nitrogens with zero attached hydrogens (tertiary/aromatic N) is 5. The first-order valence-electron chi connectivity index (χ1n) is 11.4. The molecule has 3 atom stereocenters. The highest BCUT2D eigenvalue weighted by Crippen LogP contribution is 2.33. The van der Waals surface area contributed by atoms with Crippen molar-refractivity contribution in [3.63, 3.8) is 0 Å². The molecule has 4 rings (SSSR count). The Kier molecular flexibility index (Phi) is 7.83. The number of hydrogen-bond donors (Lipinski definition) is 2. The molecule has 196 valence electrons. The monoisotopic (exact) mass is 515 g/mol. The number of likely N-dealkylation sites (tertiary alicyclic amines) is 1. The average Bonchev–Trinajstić information content (AvgIpc) is 2.83. The van der Waals surface area contributed by atoms with Crippen LogP contribution in [-0.4, -0.2) is 77.9 Å². The lowest BCUT2D eigenvalue weighted by molar-refractivity contribution is -0.137. The second-order valence-corrected chi connectivity index (χ2v) is 8.76. The van der Waals surface area contributed by atoms with Gasteiger partial charge in [0, 0.05) is 31.7 Å². The molecular formula is C22H26F5N7O2. The number of carbonyl (C=O) groups excluding carboxylic acids is 1. The summed E-state index contributed by atoms with van der Waals surface area (Å²) in [5.74, 6) is -1.88. The first-order chi connectivity index (χ1) is 17.1. The van der Waals surface area contributed by atoms with Crippen LogP contribution >= 0.6 is 0 Å². The third kappa shape index (κ3) is 5.98. The maximum absolute atomic E-state index is 15.4. The number of alkyl halides is 4. The molecule has 14 heteroatoms. The van der Waals surface area contributed by atoms with E-state index in [0.29, 0.717) is 13.0 Å². The van der Waals surface area contributed by atoms with E-state index in [9.17, 15) is 22.4 Å². The van der Waals surface area contributed by atoms with Crippen LogP contribution in [0.1, 0.15) is 23.7 Å². The molecule has 0 aliphatic carbocycles. The number of hydrogen-bond acceptors (Lipinski definition) is 8. The van der Waals surface area contributed by atoms with Crippen molar-refractivity contribution in [3.8, 4) is 0 Å². The van der Waals surface area contributed by atoms with Crippen molar-refractivity contribution >= 4 is 17.5 Å². The van der Waals surface area contributed by atoms with E-state index in [2.05, 4.69) is 20.3 Å². The Labute approximate surface area is 203 Å². The van der Waals surface area contributed by atoms with Gasteiger partial charge in [-0.25, -0.2) is 14.4 Å². The number of carbonyl (C=O) groups is 1. The molecule has 2 aliphatic rings. The fourth-order valence-electron chi connectivity index (χ4n) is 4.39. The summed E-state index contributed by atoms with van der Waals surface area (Å²) in [6, 6.07) is 1.49. The van der Waals surface area contributed by atoms with E-state index in [4.69, 9.17) is 10.5 Å². The topological polar surface area (TPSA) is 110 Å². The molecule has 0 radical (unpaired) electrons. The number of morpholine rings is 1. The van der Waals surface area contributed by atoms with Crippen molar-refractivity contribution < 1.29 is 31.5 Å². The molecule has 3 N–H and O–H groups in total. The minimum atomic E-state index is -4.52. The lowest BCUT2D eigenvalue weighted by Crippen LogP contribution is -2.46. The first-order valence-corrected chi connectivity index (χ1v) is 11.4. The second-order valence-electron chi connectivity index (χ2n) is 8.76. The van der Waals surface area contributed by atoms with Crippen molar-refractivity contribution in [1.82, 2.24) is 19.9 Å². The number of piperidine rings is 1. The molecule has 2 saturated heterocycles. The van der Waals surface area contributed by atoms with Gasteiger partial charge in [0.1, 0.15) is 12.5 Å². The molecule has 0 bridgehead atoms. The highest BCUT2D eigenvalue weighted by Gasteiger charge is 2.34. The van der Waals surface area contributed by atoms with Crippen LogP contribution in [0.3, 0.4) is 0 Å². The normalized spacial score (nSPS) is 23.5. The van der Waals surface area contributed by atoms with Gasteiger partial charge >= 0.3 is 6.18 Å². The second kappa shape index (κ2) is 10.9. The van der Waals surface area contributed by atoms with E-state index in [1.807, 2.05) is 0 Å². The highest BCUT2D eigenvalue weighted by atomic mass is 19.4. The van der Waals surface area contributed by atoms with E-state index >= 15 is 4.39 Å². The minimum absolute atomic E-state index is 0.0149. The molecule has 36 heavy (non-hydrogen) atoms. The van der Waals surface area contributed by atoms with Gasteiger partial charge in [0.2, 0.25) is 11.7 Å². The third-order valence-electron chi connectivity index (χ3n) is 6.30. The molecule has 2 fully saturated rings. The predicted molar refractivity (Wildman–Crippen MR) is 119 cm³/mol. The summed E-state index contributed by atoms with van der Waals surface area (Å²) in [5, 5.41) is 2.85. The Balaban J connectivity index is 1.46. The number of halogens is 5. The van der Waals surface area contributed by atoms with Gasteiger partial charge in [-0.1, -0.05) is 0 Å². The first kappa shape index (κ1) is 25.9. The van der Waals surface area contributed by atoms with Crippen molar-refractivity contribution in [3.05, 3.63) is 41.7 Å². The molecule has 2 aromatic rings. The lowest BCUT2D eigenvalue weighted by atomic mass is 9.95. The van der Waals surface area contributed by atoms with E-state index in [-0.39, 0.29) is 56.7 Å². The number of nitrogens with one attached hydrogen (secondary N) is 1. The van der Waals surface area contributed by atoms with Gasteiger partial charge in [-0.3, -0.25) is 14.7 Å². The SMILES string of the molecule is NC(=O)CN1CC[C@@H](CNc2ncnc(N3CCOC[C@@H]3c3ccc(C(F)(F)F)cn3)c2F)[C@@H](F)C1. The van der Waals surface area contributed by atoms with Gasteiger partial charge in [0.15, 0.2) is 11.6 Å². The zero-order chi connectivity index (χ0) is 25.9. The fourth-order valence-corrected chi connectivity index (χ4v) is 4.39. The number of aromatic nitrogens is 3. The van der Waals surface area contributed by atoms with Gasteiger partial charge in [-0.2, -0.15) is 17.6 Å². The number of primary amides is 1. The van der Waals surface area contributed by atoms with Gasteiger partial charge in [-0.05, 0) is 25.1 Å². The maximum Gasteiger partial charge on any atom is 0.417 e. The fraction of sp³-hybridized carbons (Fsp3) is 0.545. The number of nitrogens with two attached hydrogens (primary N) is 1. The summed E-state index contributed by atoms with van der Waals surface area (Å²) < 4.78 is 74.2. The number of amides is 1. The maximum atomic E-state index is 15.4. The van der Waals surface area contributed by atoms with Crippen LogP contribution in [0.25, 0.3) is 0 Å². The van der Waals surface area contributed by atoms with Crippen LogP contribution in [0.2, 0.25) is 0 Å². The Morgan fingerprint density at radius 3 is 2.69 bits per heavy atom. The van der Waals surface area contributed by atoms with E-state index < -0.39 is 41.6 Å².